The van der Waals surface area contributed by atoms with Crippen LogP contribution in [0.25, 0.3) is 0 Å². The van der Waals surface area contributed by atoms with Crippen molar-refractivity contribution >= 4 is 35.8 Å². The van der Waals surface area contributed by atoms with Crippen molar-refractivity contribution in [3.63, 3.8) is 0 Å². The van der Waals surface area contributed by atoms with Gasteiger partial charge in [-0.1, -0.05) is 52.2 Å². The third-order valence-electron chi connectivity index (χ3n) is 11.1. The molecule has 3 aliphatic rings. The maximum Gasteiger partial charge on any atom is 0.407 e. The summed E-state index contributed by atoms with van der Waals surface area (Å²) < 4.78 is 29.7. The molecule has 336 valence electrons. The molecule has 8 N–H and O–H groups in total. The van der Waals surface area contributed by atoms with Gasteiger partial charge in [0.25, 0.3) is 0 Å². The first-order valence-electron chi connectivity index (χ1n) is 21.1. The van der Waals surface area contributed by atoms with Crippen molar-refractivity contribution in [3.8, 4) is 0 Å². The molecule has 2 aliphatic heterocycles. The summed E-state index contributed by atoms with van der Waals surface area (Å²) in [5.41, 5.74) is 5.68. The van der Waals surface area contributed by atoms with Gasteiger partial charge in [-0.2, -0.15) is 0 Å². The minimum atomic E-state index is -0.859. The topological polar surface area (TPSA) is 253 Å². The zero-order valence-corrected chi connectivity index (χ0v) is 36.4. The van der Waals surface area contributed by atoms with E-state index in [1.54, 1.807) is 7.11 Å². The Morgan fingerprint density at radius 3 is 2.12 bits per heavy atom. The smallest absolute Gasteiger partial charge is 0.407 e. The lowest BCUT2D eigenvalue weighted by molar-refractivity contribution is -0.131. The molecule has 3 rings (SSSR count). The summed E-state index contributed by atoms with van der Waals surface area (Å²) in [4.78, 5) is 74.1. The summed E-state index contributed by atoms with van der Waals surface area (Å²) in [5.74, 6) is -1.92. The van der Waals surface area contributed by atoms with Crippen molar-refractivity contribution in [1.29, 1.82) is 0 Å². The maximum atomic E-state index is 13.2. The molecule has 0 aromatic heterocycles. The number of carbonyl (C=O) groups excluding carboxylic acids is 6. The third kappa shape index (κ3) is 16.2. The van der Waals surface area contributed by atoms with Crippen LogP contribution in [0.3, 0.4) is 0 Å². The van der Waals surface area contributed by atoms with Crippen LogP contribution in [0.4, 0.5) is 9.59 Å². The highest BCUT2D eigenvalue weighted by atomic mass is 16.6. The number of hydrogen-bond donors (Lipinski definition) is 7. The number of methoxy groups -OCH3 is 1. The average molecular weight is 838 g/mol. The van der Waals surface area contributed by atoms with Crippen LogP contribution in [-0.4, -0.2) is 130 Å². The van der Waals surface area contributed by atoms with Crippen molar-refractivity contribution in [3.05, 3.63) is 11.6 Å². The fraction of sp³-hybridized carbons (Fsp3) is 0.805. The first-order valence-corrected chi connectivity index (χ1v) is 21.1. The number of hydrogen-bond acceptors (Lipinski definition) is 12. The van der Waals surface area contributed by atoms with Crippen LogP contribution in [0.5, 0.6) is 0 Å². The Balaban J connectivity index is 1.29. The van der Waals surface area contributed by atoms with Gasteiger partial charge in [-0.25, -0.2) is 9.59 Å². The van der Waals surface area contributed by atoms with Gasteiger partial charge in [-0.05, 0) is 71.1 Å². The molecule has 1 saturated carbocycles. The van der Waals surface area contributed by atoms with E-state index in [9.17, 15) is 28.8 Å². The molecule has 59 heavy (non-hydrogen) atoms. The summed E-state index contributed by atoms with van der Waals surface area (Å²) >= 11 is 0. The van der Waals surface area contributed by atoms with Gasteiger partial charge in [-0.3, -0.25) is 19.2 Å². The zero-order chi connectivity index (χ0) is 43.8. The van der Waals surface area contributed by atoms with Crippen LogP contribution >= 0.6 is 0 Å². The van der Waals surface area contributed by atoms with Crippen molar-refractivity contribution in [2.75, 3.05) is 53.0 Å². The molecule has 6 amide bonds. The highest BCUT2D eigenvalue weighted by Gasteiger charge is 2.72. The maximum absolute atomic E-state index is 13.2. The minimum Gasteiger partial charge on any atom is -0.447 e. The lowest BCUT2D eigenvalue weighted by atomic mass is 9.68. The van der Waals surface area contributed by atoms with Crippen molar-refractivity contribution in [2.45, 2.75) is 141 Å². The number of epoxide rings is 2. The Hall–Kier alpha value is -4.00. The molecule has 0 aromatic rings. The van der Waals surface area contributed by atoms with Crippen LogP contribution in [0.15, 0.2) is 11.6 Å². The molecule has 0 radical (unpaired) electrons. The Morgan fingerprint density at radius 1 is 0.864 bits per heavy atom. The predicted molar refractivity (Wildman–Crippen MR) is 219 cm³/mol. The molecule has 0 aromatic carbocycles. The first-order chi connectivity index (χ1) is 27.9. The highest BCUT2D eigenvalue weighted by Crippen LogP contribution is 2.59. The van der Waals surface area contributed by atoms with Crippen molar-refractivity contribution < 1.29 is 52.5 Å². The number of nitrogens with two attached hydrogens (primary N) is 1. The van der Waals surface area contributed by atoms with Crippen LogP contribution in [0, 0.1) is 17.8 Å². The molecule has 1 spiro atoms. The number of ether oxygens (including phenoxy) is 5. The molecule has 8 atom stereocenters. The van der Waals surface area contributed by atoms with Gasteiger partial charge in [-0.15, -0.1) is 0 Å². The predicted octanol–water partition coefficient (Wildman–Crippen LogP) is 1.94. The molecular formula is C41H71N7O11. The molecule has 0 bridgehead atoms. The Kier molecular flexibility index (Phi) is 19.8. The van der Waals surface area contributed by atoms with E-state index in [4.69, 9.17) is 29.4 Å². The van der Waals surface area contributed by atoms with Crippen molar-refractivity contribution in [1.82, 2.24) is 31.9 Å². The number of amides is 6. The second kappa shape index (κ2) is 23.7. The summed E-state index contributed by atoms with van der Waals surface area (Å²) in [6.45, 7) is 14.5. The molecule has 18 heteroatoms. The summed E-state index contributed by atoms with van der Waals surface area (Å²) in [6.07, 6.45) is 5.64. The van der Waals surface area contributed by atoms with E-state index < -0.39 is 59.8 Å². The fourth-order valence-electron chi connectivity index (χ4n) is 7.58. The van der Waals surface area contributed by atoms with Crippen LogP contribution in [0.1, 0.15) is 99.8 Å². The van der Waals surface area contributed by atoms with E-state index in [-0.39, 0.29) is 61.6 Å². The second-order valence-corrected chi connectivity index (χ2v) is 17.1. The van der Waals surface area contributed by atoms with Crippen molar-refractivity contribution in [2.24, 2.45) is 23.5 Å². The molecular weight excluding hydrogens is 766 g/mol. The van der Waals surface area contributed by atoms with E-state index in [0.717, 1.165) is 25.7 Å². The third-order valence-corrected chi connectivity index (χ3v) is 11.1. The number of alkyl carbamates (subject to hydrolysis) is 2. The first kappa shape index (κ1) is 49.4. The minimum absolute atomic E-state index is 0.0312. The second-order valence-electron chi connectivity index (χ2n) is 17.1. The van der Waals surface area contributed by atoms with Gasteiger partial charge in [0.05, 0.1) is 44.3 Å². The molecule has 2 heterocycles. The van der Waals surface area contributed by atoms with Gasteiger partial charge >= 0.3 is 12.2 Å². The zero-order valence-electron chi connectivity index (χ0n) is 36.4. The van der Waals surface area contributed by atoms with E-state index in [2.05, 4.69) is 58.7 Å². The van der Waals surface area contributed by atoms with E-state index >= 15 is 0 Å². The standard InChI is InChI=1S/C41H71N7O11/c1-25(2)13-14-31-40(7,59-31)36-35(55-8)30(15-16-41(36)24-57-41)58-39(54)48-29(27(5)6)23-56-38(53)44-18-12-10-9-11-17-43-33(50)21-46-37(52)28(19-26(3)4)47-34(51)22-45-32(49)20-42/h13,26-31,35-36H,9-12,14-24,42H2,1-8H3,(H,43,50)(H,44,53)(H,45,49)(H,46,52)(H,47,51)(H,48,54)/t28-,29-,30?,31+,35?,36?,40?,41-/m0/s1. The number of rotatable bonds is 25. The Bertz CT molecular complexity index is 1450. The summed E-state index contributed by atoms with van der Waals surface area (Å²) in [7, 11) is 1.63. The Morgan fingerprint density at radius 2 is 1.53 bits per heavy atom. The van der Waals surface area contributed by atoms with Crippen LogP contribution < -0.4 is 37.6 Å². The lowest BCUT2D eigenvalue weighted by Gasteiger charge is -2.42. The number of allylic oxidation sites excluding steroid dienone is 1. The molecule has 18 nitrogen and oxygen atoms in total. The normalized spacial score (nSPS) is 25.3. The van der Waals surface area contributed by atoms with Gasteiger partial charge < -0.3 is 61.3 Å². The number of nitrogens with one attached hydrogen (secondary N) is 6. The molecule has 2 saturated heterocycles. The number of carbonyl (C=O) groups is 6. The molecule has 1 aliphatic carbocycles. The van der Waals surface area contributed by atoms with E-state index in [0.29, 0.717) is 45.4 Å². The van der Waals surface area contributed by atoms with Crippen LogP contribution in [-0.2, 0) is 42.9 Å². The molecule has 4 unspecified atom stereocenters. The van der Waals surface area contributed by atoms with Gasteiger partial charge in [0.1, 0.15) is 36.1 Å². The Labute approximate surface area is 349 Å². The highest BCUT2D eigenvalue weighted by molar-refractivity contribution is 5.92. The van der Waals surface area contributed by atoms with Gasteiger partial charge in [0.2, 0.25) is 23.6 Å². The van der Waals surface area contributed by atoms with Gasteiger partial charge in [0.15, 0.2) is 0 Å². The quantitative estimate of drug-likeness (QED) is 0.0396. The summed E-state index contributed by atoms with van der Waals surface area (Å²) in [5, 5.41) is 15.9. The lowest BCUT2D eigenvalue weighted by Crippen LogP contribution is -2.56. The fourth-order valence-corrected chi connectivity index (χ4v) is 7.58. The summed E-state index contributed by atoms with van der Waals surface area (Å²) in [6, 6.07) is -1.33. The SMILES string of the molecule is COC1C(OC(=O)N[C@@H](COC(=O)NCCCCCCNC(=O)CNC(=O)[C@H](CC(C)C)NC(=O)CNC(=O)CN)C(C)C)CC[C@]2(CO2)C1C1(C)O[C@@H]1CC=C(C)C. The van der Waals surface area contributed by atoms with E-state index in [1.165, 1.54) is 5.57 Å². The number of unbranched alkanes of at least 4 members (excludes halogenated alkanes) is 3. The van der Waals surface area contributed by atoms with Gasteiger partial charge in [0, 0.05) is 20.2 Å². The van der Waals surface area contributed by atoms with Crippen LogP contribution in [0.2, 0.25) is 0 Å². The monoisotopic (exact) mass is 838 g/mol. The average Bonchev–Trinajstić information content (AvgIpc) is 4.10. The molecule has 3 fully saturated rings. The largest absolute Gasteiger partial charge is 0.447 e. The van der Waals surface area contributed by atoms with E-state index in [1.807, 2.05) is 27.7 Å².